The van der Waals surface area contributed by atoms with Crippen LogP contribution in [0, 0.1) is 11.2 Å². The molecule has 1 unspecified atom stereocenters. The topological polar surface area (TPSA) is 242 Å². The van der Waals surface area contributed by atoms with E-state index in [2.05, 4.69) is 15.5 Å². The van der Waals surface area contributed by atoms with Crippen molar-refractivity contribution in [2.24, 2.45) is 12.5 Å². The Morgan fingerprint density at radius 3 is 2.34 bits per heavy atom. The lowest BCUT2D eigenvalue weighted by Crippen LogP contribution is -2.60. The van der Waals surface area contributed by atoms with Gasteiger partial charge in [0.25, 0.3) is 5.91 Å². The van der Waals surface area contributed by atoms with E-state index < -0.39 is 84.3 Å². The van der Waals surface area contributed by atoms with E-state index in [4.69, 9.17) is 9.47 Å². The number of halogens is 2. The molecule has 5 aliphatic rings. The van der Waals surface area contributed by atoms with Crippen LogP contribution in [-0.2, 0) is 51.6 Å². The molecular weight excluding hydrogens is 1040 g/mol. The Morgan fingerprint density at radius 1 is 0.922 bits per heavy atom. The number of nitrogens with zero attached hydrogens (tertiary/aromatic N) is 6. The summed E-state index contributed by atoms with van der Waals surface area (Å²) >= 11 is 0.845. The van der Waals surface area contributed by atoms with Gasteiger partial charge in [-0.25, -0.2) is 13.6 Å². The molecule has 7 heterocycles. The van der Waals surface area contributed by atoms with Gasteiger partial charge in [-0.05, 0) is 66.5 Å². The van der Waals surface area contributed by atoms with Gasteiger partial charge in [0, 0.05) is 73.9 Å². The van der Waals surface area contributed by atoms with Gasteiger partial charge in [-0.15, -0.1) is 11.3 Å². The predicted octanol–water partition coefficient (Wildman–Crippen LogP) is 4.42. The molecule has 0 spiro atoms. The number of likely N-dealkylation sites (tertiary alicyclic amines) is 2. The molecule has 2 bridgehead atoms. The molecule has 24 heteroatoms. The van der Waals surface area contributed by atoms with E-state index >= 15 is 9.18 Å². The highest BCUT2D eigenvalue weighted by atomic mass is 32.1. The molecule has 8 atom stereocenters. The van der Waals surface area contributed by atoms with Crippen LogP contribution in [0.3, 0.4) is 0 Å². The van der Waals surface area contributed by atoms with Gasteiger partial charge in [-0.3, -0.25) is 52.7 Å². The highest BCUT2D eigenvalue weighted by Gasteiger charge is 2.50. The number of rotatable bonds is 13. The molecule has 6 amide bonds. The number of carbonyl (C=O) groups excluding carboxylic acids is 6. The molecule has 410 valence electrons. The number of fused-ring (bicyclic) bond motifs is 4. The first-order chi connectivity index (χ1) is 36.6. The van der Waals surface area contributed by atoms with Gasteiger partial charge in [0.15, 0.2) is 0 Å². The summed E-state index contributed by atoms with van der Waals surface area (Å²) in [6.07, 6.45) is 0.912. The van der Waals surface area contributed by atoms with Crippen molar-refractivity contribution >= 4 is 75.5 Å². The molecule has 0 saturated carbocycles. The Bertz CT molecular complexity index is 3270. The van der Waals surface area contributed by atoms with Gasteiger partial charge in [-0.2, -0.15) is 0 Å². The van der Waals surface area contributed by atoms with Crippen molar-refractivity contribution in [1.82, 2.24) is 39.4 Å². The standard InChI is InChI=1S/C53H61F2N8O12PS/c1-53(2,3)46(57-49(67)41-23-34-40(77-41)16-13-33(44(34)54)47(55)76(71,72)73)51(69)61-19-18-38(45(61)50(68)59-20-21-74-39(27-59)30-8-6-5-7-9-30)75-28-43(65)60-25-31-11-12-32(26-60)62(31)24-29-10-14-35-37(22-29)58(4)52(70)63(35)36-15-17-42(64)56-48(36)66/h5-10,13-14,16,22-23,31-32,36,38-39,45-47H,11-12,15,17-21,24-28H2,1-4H3,(H,57,67)(H,56,64,66)(H2,71,72,73)/t31-,32+,36?,38-,39+,45+,46-,47+/m1/s1. The summed E-state index contributed by atoms with van der Waals surface area (Å²) in [5.74, 6) is -7.05. The fraction of sp³-hybridized carbons (Fsp3) is 0.491. The fourth-order valence-electron chi connectivity index (χ4n) is 11.6. The number of imide groups is 1. The number of ether oxygens (including phenoxy) is 2. The zero-order valence-corrected chi connectivity index (χ0v) is 44.6. The highest BCUT2D eigenvalue weighted by molar-refractivity contribution is 7.51. The molecule has 5 saturated heterocycles. The van der Waals surface area contributed by atoms with Gasteiger partial charge in [0.05, 0.1) is 35.2 Å². The molecule has 4 N–H and O–H groups in total. The number of morpholine rings is 1. The second-order valence-electron chi connectivity index (χ2n) is 21.7. The SMILES string of the molecule is Cn1c(=O)n(C2CCC(=O)NC2=O)c2ccc(CN3[C@@H]4CC[C@H]3CN(C(=O)CO[C@@H]3CCN(C(=O)[C@@H](NC(=O)c5cc6c(F)c([C@@H](F)P(=O)(O)O)ccc6s5)C(C)(C)C)[C@@H]3C(=O)N3CCO[C@H](c5ccccc5)C3)C4)cc21. The van der Waals surface area contributed by atoms with Crippen LogP contribution >= 0.6 is 18.9 Å². The molecule has 3 aromatic carbocycles. The van der Waals surface area contributed by atoms with E-state index in [0.717, 1.165) is 47.4 Å². The molecule has 5 aliphatic heterocycles. The van der Waals surface area contributed by atoms with Gasteiger partial charge in [-0.1, -0.05) is 63.2 Å². The van der Waals surface area contributed by atoms with Crippen LogP contribution in [0.1, 0.15) is 97.3 Å². The third kappa shape index (κ3) is 10.6. The maximum atomic E-state index is 15.5. The summed E-state index contributed by atoms with van der Waals surface area (Å²) in [6, 6.07) is 15.3. The minimum absolute atomic E-state index is 0.0296. The van der Waals surface area contributed by atoms with Gasteiger partial charge < -0.3 is 39.3 Å². The number of benzene rings is 3. The van der Waals surface area contributed by atoms with Crippen molar-refractivity contribution in [2.45, 2.75) is 108 Å². The number of imidazole rings is 1. The third-order valence-electron chi connectivity index (χ3n) is 15.7. The van der Waals surface area contributed by atoms with Crippen LogP contribution in [0.5, 0.6) is 0 Å². The number of alkyl halides is 1. The van der Waals surface area contributed by atoms with Crippen molar-refractivity contribution < 1.29 is 61.4 Å². The van der Waals surface area contributed by atoms with Crippen molar-refractivity contribution in [3.8, 4) is 0 Å². The molecule has 10 rings (SSSR count). The highest BCUT2D eigenvalue weighted by Crippen LogP contribution is 2.54. The third-order valence-corrected chi connectivity index (χ3v) is 17.7. The zero-order valence-electron chi connectivity index (χ0n) is 42.9. The van der Waals surface area contributed by atoms with Gasteiger partial charge in [0.2, 0.25) is 35.4 Å². The summed E-state index contributed by atoms with van der Waals surface area (Å²) in [4.78, 5) is 122. The summed E-state index contributed by atoms with van der Waals surface area (Å²) < 4.78 is 57.5. The van der Waals surface area contributed by atoms with Crippen LogP contribution < -0.4 is 16.3 Å². The predicted molar refractivity (Wildman–Crippen MR) is 277 cm³/mol. The molecule has 0 aliphatic carbocycles. The Balaban J connectivity index is 0.840. The number of hydrogen-bond acceptors (Lipinski definition) is 12. The van der Waals surface area contributed by atoms with Gasteiger partial charge >= 0.3 is 13.3 Å². The number of aromatic nitrogens is 2. The molecule has 20 nitrogen and oxygen atoms in total. The smallest absolute Gasteiger partial charge is 0.364 e. The largest absolute Gasteiger partial charge is 0.370 e. The number of piperidine rings is 1. The number of carbonyl (C=O) groups is 6. The lowest BCUT2D eigenvalue weighted by Gasteiger charge is -2.41. The van der Waals surface area contributed by atoms with Crippen LogP contribution in [0.4, 0.5) is 8.78 Å². The Labute approximate surface area is 445 Å². The maximum Gasteiger partial charge on any atom is 0.364 e. The Kier molecular flexibility index (Phi) is 14.9. The first kappa shape index (κ1) is 54.2. The van der Waals surface area contributed by atoms with Gasteiger partial charge in [0.1, 0.15) is 36.7 Å². The molecule has 5 fully saturated rings. The number of piperazine rings is 1. The molecule has 0 radical (unpaired) electrons. The zero-order chi connectivity index (χ0) is 54.8. The lowest BCUT2D eigenvalue weighted by atomic mass is 9.85. The lowest BCUT2D eigenvalue weighted by molar-refractivity contribution is -0.156. The van der Waals surface area contributed by atoms with Crippen LogP contribution in [-0.4, -0.2) is 150 Å². The Morgan fingerprint density at radius 2 is 1.65 bits per heavy atom. The molecule has 5 aromatic rings. The number of nitrogens with one attached hydrogen (secondary N) is 2. The van der Waals surface area contributed by atoms with E-state index in [1.54, 1.807) is 37.6 Å². The van der Waals surface area contributed by atoms with E-state index in [1.807, 2.05) is 48.5 Å². The first-order valence-electron chi connectivity index (χ1n) is 25.7. The quantitative estimate of drug-likeness (QED) is 0.0944. The van der Waals surface area contributed by atoms with Crippen molar-refractivity contribution in [3.05, 3.63) is 105 Å². The number of amides is 6. The normalized spacial score (nSPS) is 24.1. The van der Waals surface area contributed by atoms with E-state index in [-0.39, 0.29) is 96.7 Å². The molecule has 77 heavy (non-hydrogen) atoms. The van der Waals surface area contributed by atoms with E-state index in [9.17, 15) is 47.5 Å². The van der Waals surface area contributed by atoms with E-state index in [1.165, 1.54) is 20.1 Å². The minimum atomic E-state index is -5.35. The molecule has 2 aromatic heterocycles. The second kappa shape index (κ2) is 21.2. The summed E-state index contributed by atoms with van der Waals surface area (Å²) in [5, 5.41) is 4.91. The number of thiophene rings is 1. The van der Waals surface area contributed by atoms with Crippen LogP contribution in [0.25, 0.3) is 21.1 Å². The fourth-order valence-corrected chi connectivity index (χ4v) is 13.2. The summed E-state index contributed by atoms with van der Waals surface area (Å²) in [5.41, 5.74) is 0.918. The van der Waals surface area contributed by atoms with Crippen LogP contribution in [0.2, 0.25) is 0 Å². The Hall–Kier alpha value is -6.20. The average Bonchev–Trinajstić information content (AvgIpc) is 4.15. The number of aryl methyl sites for hydroxylation is 1. The van der Waals surface area contributed by atoms with E-state index in [0.29, 0.717) is 30.7 Å². The summed E-state index contributed by atoms with van der Waals surface area (Å²) in [6.45, 7) is 6.96. The first-order valence-corrected chi connectivity index (χ1v) is 28.2. The monoisotopic (exact) mass is 1100 g/mol. The minimum Gasteiger partial charge on any atom is -0.370 e. The average molecular weight is 1100 g/mol. The number of hydrogen-bond donors (Lipinski definition) is 4. The second-order valence-corrected chi connectivity index (χ2v) is 24.4. The van der Waals surface area contributed by atoms with Crippen molar-refractivity contribution in [2.75, 3.05) is 45.9 Å². The molecular formula is C53H61F2N8O12PS. The van der Waals surface area contributed by atoms with Crippen LogP contribution in [0.15, 0.2) is 71.5 Å². The van der Waals surface area contributed by atoms with Crippen molar-refractivity contribution in [3.63, 3.8) is 0 Å². The summed E-state index contributed by atoms with van der Waals surface area (Å²) in [7, 11) is -3.69. The maximum absolute atomic E-state index is 15.5. The van der Waals surface area contributed by atoms with Crippen molar-refractivity contribution in [1.29, 1.82) is 0 Å².